The van der Waals surface area contributed by atoms with E-state index < -0.39 is 180 Å². The summed E-state index contributed by atoms with van der Waals surface area (Å²) in [5.74, 6) is -6.31. The van der Waals surface area contributed by atoms with Crippen molar-refractivity contribution in [1.82, 2.24) is 10.6 Å². The molecule has 33 heteroatoms. The molecule has 8 unspecified atom stereocenters. The average molecular weight is 973 g/mol. The van der Waals surface area contributed by atoms with Crippen molar-refractivity contribution >= 4 is 44.6 Å². The van der Waals surface area contributed by atoms with Gasteiger partial charge in [0, 0.05) is 13.8 Å². The molecular weight excluding hydrogens is 928 g/mol. The minimum atomic E-state index is -5.59. The number of aliphatic hydroxyl groups excluding tert-OH is 7. The van der Waals surface area contributed by atoms with Crippen LogP contribution in [-0.2, 0) is 86.2 Å². The molecule has 20 atom stereocenters. The molecule has 0 spiro atoms. The smallest absolute Gasteiger partial charge is 0.217 e. The summed E-state index contributed by atoms with van der Waals surface area (Å²) in [6.45, 7) is 2.30. The van der Waals surface area contributed by atoms with Gasteiger partial charge in [-0.05, 0) is 0 Å². The Labute approximate surface area is 361 Å². The Balaban J connectivity index is 1.70. The zero-order valence-corrected chi connectivity index (χ0v) is 34.5. The van der Waals surface area contributed by atoms with Gasteiger partial charge >= 0.3 is 0 Å². The number of ether oxygens (including phenoxy) is 8. The highest BCUT2D eigenvalue weighted by Crippen LogP contribution is 2.35. The summed E-state index contributed by atoms with van der Waals surface area (Å²) >= 11 is 0. The van der Waals surface area contributed by atoms with Crippen LogP contribution >= 0.6 is 0 Å². The van der Waals surface area contributed by atoms with Crippen molar-refractivity contribution < 1.29 is 137 Å². The number of amides is 2. The van der Waals surface area contributed by atoms with Crippen LogP contribution in [0.15, 0.2) is 12.7 Å². The summed E-state index contributed by atoms with van der Waals surface area (Å²) in [6.07, 6.45) is -40.0. The van der Waals surface area contributed by atoms with E-state index in [4.69, 9.17) is 37.9 Å². The van der Waals surface area contributed by atoms with Gasteiger partial charge in [0.2, 0.25) is 32.6 Å². The number of nitrogens with one attached hydrogen (secondary N) is 2. The minimum absolute atomic E-state index is 0.338. The number of carbonyl (C=O) groups excluding carboxylic acids is 4. The van der Waals surface area contributed by atoms with Crippen molar-refractivity contribution in [3.8, 4) is 0 Å². The number of aliphatic carboxylic acids is 2. The van der Waals surface area contributed by atoms with Gasteiger partial charge in [0.25, 0.3) is 0 Å². The van der Waals surface area contributed by atoms with Gasteiger partial charge in [0.1, 0.15) is 97.5 Å². The zero-order valence-electron chi connectivity index (χ0n) is 32.9. The van der Waals surface area contributed by atoms with Gasteiger partial charge in [0.05, 0.1) is 31.8 Å². The van der Waals surface area contributed by atoms with E-state index in [0.717, 1.165) is 13.8 Å². The summed E-state index contributed by atoms with van der Waals surface area (Å²) in [7, 11) is -11.0. The van der Waals surface area contributed by atoms with Crippen molar-refractivity contribution in [3.63, 3.8) is 0 Å². The molecule has 0 aromatic rings. The van der Waals surface area contributed by atoms with Gasteiger partial charge in [-0.3, -0.25) is 18.0 Å². The van der Waals surface area contributed by atoms with Crippen molar-refractivity contribution in [1.29, 1.82) is 0 Å². The largest absolute Gasteiger partial charge is 0.726 e. The third kappa shape index (κ3) is 13.4. The maximum Gasteiger partial charge on any atom is 0.217 e. The Hall–Kier alpha value is -3.24. The summed E-state index contributed by atoms with van der Waals surface area (Å²) in [5, 5.41) is 105. The van der Waals surface area contributed by atoms with Gasteiger partial charge in [-0.15, -0.1) is 6.58 Å². The Morgan fingerprint density at radius 3 is 1.41 bits per heavy atom. The van der Waals surface area contributed by atoms with Gasteiger partial charge in [0.15, 0.2) is 25.2 Å². The van der Waals surface area contributed by atoms with Crippen molar-refractivity contribution in [2.45, 2.75) is 137 Å². The quantitative estimate of drug-likeness (QED) is 0.0330. The van der Waals surface area contributed by atoms with Crippen molar-refractivity contribution in [2.24, 2.45) is 0 Å². The molecule has 0 saturated carbocycles. The third-order valence-electron chi connectivity index (χ3n) is 9.67. The van der Waals surface area contributed by atoms with Crippen LogP contribution in [0, 0.1) is 0 Å². The van der Waals surface area contributed by atoms with E-state index in [1.807, 2.05) is 0 Å². The Kier molecular flexibility index (Phi) is 18.4. The van der Waals surface area contributed by atoms with E-state index in [1.165, 1.54) is 6.08 Å². The second-order valence-corrected chi connectivity index (χ2v) is 16.4. The van der Waals surface area contributed by atoms with E-state index in [0.29, 0.717) is 0 Å². The zero-order chi connectivity index (χ0) is 48.2. The molecule has 0 aromatic carbocycles. The van der Waals surface area contributed by atoms with Crippen molar-refractivity contribution in [2.75, 3.05) is 19.8 Å². The summed E-state index contributed by atoms with van der Waals surface area (Å²) in [6, 6.07) is -3.72. The van der Waals surface area contributed by atoms with Crippen LogP contribution in [0.4, 0.5) is 0 Å². The Bertz CT molecular complexity index is 1880. The lowest BCUT2D eigenvalue weighted by molar-refractivity contribution is -0.386. The molecule has 31 nitrogen and oxygen atoms in total. The fourth-order valence-electron chi connectivity index (χ4n) is 6.84. The monoisotopic (exact) mass is 972 g/mol. The lowest BCUT2D eigenvalue weighted by atomic mass is 9.94. The molecule has 0 aliphatic carbocycles. The van der Waals surface area contributed by atoms with E-state index in [1.54, 1.807) is 0 Å². The normalized spacial score (nSPS) is 40.8. The molecule has 4 aliphatic heterocycles. The van der Waals surface area contributed by atoms with E-state index in [2.05, 4.69) is 25.6 Å². The van der Waals surface area contributed by atoms with Crippen LogP contribution in [-0.4, -0.2) is 228 Å². The SMILES string of the molecule is C=CCOC1OC(COS(=O)(=O)[O-])[C@H](O)[C@H](OC2OC(C(=O)[O-])[C@@H](OC3OC(COS(=O)(=O)[O-])[C@H](O)[C@H](O[C@@H]4OC(C(=O)[O-])[C@@H](O)[C@H](O)C4O)[C@@H]3NC(C)=O)[C@H](O)[C@@H]2O)[C@@H]1NC(C)=O. The predicted molar refractivity (Wildman–Crippen MR) is 184 cm³/mol. The third-order valence-corrected chi connectivity index (χ3v) is 10.5. The number of hydrogen-bond acceptors (Lipinski definition) is 29. The topological polar surface area (TPSA) is 487 Å². The predicted octanol–water partition coefficient (Wildman–Crippen LogP) is -11.8. The molecular formula is C31H44N2O29S2-4. The number of rotatable bonds is 19. The molecule has 0 aromatic heterocycles. The van der Waals surface area contributed by atoms with E-state index in [-0.39, 0.29) is 6.61 Å². The number of carboxylic acids is 2. The second kappa shape index (κ2) is 22.0. The van der Waals surface area contributed by atoms with E-state index in [9.17, 15) is 91.1 Å². The van der Waals surface area contributed by atoms with Crippen LogP contribution in [0.25, 0.3) is 0 Å². The van der Waals surface area contributed by atoms with Crippen LogP contribution in [0.5, 0.6) is 0 Å². The van der Waals surface area contributed by atoms with Crippen LogP contribution < -0.4 is 20.8 Å². The summed E-state index contributed by atoms with van der Waals surface area (Å²) in [5.41, 5.74) is 0. The summed E-state index contributed by atoms with van der Waals surface area (Å²) < 4.78 is 120. The first-order valence-corrected chi connectivity index (χ1v) is 21.1. The fourth-order valence-corrected chi connectivity index (χ4v) is 7.44. The molecule has 4 fully saturated rings. The molecule has 0 bridgehead atoms. The Morgan fingerprint density at radius 1 is 0.578 bits per heavy atom. The highest BCUT2D eigenvalue weighted by Gasteiger charge is 2.56. The van der Waals surface area contributed by atoms with Crippen LogP contribution in [0.2, 0.25) is 0 Å². The summed E-state index contributed by atoms with van der Waals surface area (Å²) in [4.78, 5) is 48.9. The number of carboxylic acid groups (broad SMARTS) is 2. The standard InChI is InChI=1S/C31H48N2O29S2/c1-4-5-53-28-12(32-8(2)34)21(14(36)10(56-28)6-54-63(47,48)49)58-31-20(42)18(40)23(25(62-31)27(45)46)60-29-13(33-9(3)35)22(15(37)11(57-29)7-55-64(50,51)52)59-30-19(41)16(38)17(39)24(61-30)26(43)44/h4,10-25,28-31,36-42H,1,5-7H2,2-3H3,(H,32,34)(H,33,35)(H,43,44)(H,45,46)(H,47,48,49)(H,50,51,52)/p-4/t10?,11?,12-,13-,14-,15-,16-,17-,18+,19?,20-,21+,22+,23-,24?,25?,28?,29?,30+,31?/m0/s1. The molecule has 64 heavy (non-hydrogen) atoms. The van der Waals surface area contributed by atoms with E-state index >= 15 is 0 Å². The first kappa shape index (κ1) is 53.4. The molecule has 4 rings (SSSR count). The van der Waals surface area contributed by atoms with Crippen LogP contribution in [0.3, 0.4) is 0 Å². The van der Waals surface area contributed by atoms with Gasteiger partial charge in [-0.2, -0.15) is 0 Å². The van der Waals surface area contributed by atoms with Crippen molar-refractivity contribution in [3.05, 3.63) is 12.7 Å². The Morgan fingerprint density at radius 2 is 0.984 bits per heavy atom. The highest BCUT2D eigenvalue weighted by atomic mass is 32.3. The average Bonchev–Trinajstić information content (AvgIpc) is 3.18. The number of aliphatic hydroxyl groups is 7. The van der Waals surface area contributed by atoms with Gasteiger partial charge in [-0.1, -0.05) is 6.08 Å². The molecule has 4 saturated heterocycles. The van der Waals surface area contributed by atoms with Crippen LogP contribution in [0.1, 0.15) is 13.8 Å². The molecule has 0 radical (unpaired) electrons. The molecule has 9 N–H and O–H groups in total. The highest BCUT2D eigenvalue weighted by molar-refractivity contribution is 7.81. The maximum absolute atomic E-state index is 12.6. The fraction of sp³-hybridized carbons (Fsp3) is 0.806. The number of carbonyl (C=O) groups is 4. The minimum Gasteiger partial charge on any atom is -0.726 e. The number of hydrogen-bond donors (Lipinski definition) is 9. The van der Waals surface area contributed by atoms with Gasteiger partial charge in [-0.25, -0.2) is 16.8 Å². The second-order valence-electron chi connectivity index (χ2n) is 14.3. The molecule has 4 heterocycles. The van der Waals surface area contributed by atoms with Gasteiger partial charge < -0.3 is 113 Å². The first-order chi connectivity index (χ1) is 29.6. The lowest BCUT2D eigenvalue weighted by Gasteiger charge is -2.50. The molecule has 2 amide bonds. The lowest BCUT2D eigenvalue weighted by Crippen LogP contribution is -2.71. The molecule has 368 valence electrons. The molecule has 4 aliphatic rings. The first-order valence-electron chi connectivity index (χ1n) is 18.4. The maximum atomic E-state index is 12.6.